The van der Waals surface area contributed by atoms with Crippen LogP contribution in [-0.4, -0.2) is 25.8 Å². The zero-order valence-corrected chi connectivity index (χ0v) is 21.8. The van der Waals surface area contributed by atoms with Crippen LogP contribution in [0.15, 0.2) is 83.8 Å². The van der Waals surface area contributed by atoms with Crippen LogP contribution in [0.3, 0.4) is 0 Å². The van der Waals surface area contributed by atoms with Crippen LogP contribution in [0.25, 0.3) is 0 Å². The van der Waals surface area contributed by atoms with Gasteiger partial charge in [0.05, 0.1) is 10.5 Å². The van der Waals surface area contributed by atoms with Gasteiger partial charge in [0.15, 0.2) is 0 Å². The minimum Gasteiger partial charge on any atom is -0.312 e. The number of hydrogen-bond acceptors (Lipinski definition) is 6. The van der Waals surface area contributed by atoms with Gasteiger partial charge in [0.2, 0.25) is 0 Å². The van der Waals surface area contributed by atoms with Gasteiger partial charge in [-0.3, -0.25) is 14.4 Å². The highest BCUT2D eigenvalue weighted by Crippen LogP contribution is 2.37. The molecule has 0 radical (unpaired) electrons. The van der Waals surface area contributed by atoms with Gasteiger partial charge in [-0.15, -0.1) is 11.3 Å². The van der Waals surface area contributed by atoms with Gasteiger partial charge in [0.25, 0.3) is 15.9 Å². The van der Waals surface area contributed by atoms with E-state index in [0.29, 0.717) is 17.1 Å². The molecule has 192 valence electrons. The number of benzene rings is 3. The van der Waals surface area contributed by atoms with Crippen molar-refractivity contribution in [3.05, 3.63) is 112 Å². The average molecular weight is 547 g/mol. The number of sulfonamides is 1. The van der Waals surface area contributed by atoms with Gasteiger partial charge < -0.3 is 5.32 Å². The molecule has 0 saturated carbocycles. The SMILES string of the molecule is N#Cc1c(NC(=O)c2cccc(NS(=O)(=O)c3ccc(F)cc3)c2)sc2c1CCN(Cc1ccccc1)C2. The number of anilines is 2. The Kier molecular flexibility index (Phi) is 7.24. The fourth-order valence-electron chi connectivity index (χ4n) is 4.37. The zero-order valence-electron chi connectivity index (χ0n) is 20.1. The molecule has 1 aliphatic rings. The van der Waals surface area contributed by atoms with Crippen molar-refractivity contribution in [3.8, 4) is 6.07 Å². The molecule has 2 heterocycles. The highest BCUT2D eigenvalue weighted by atomic mass is 32.2. The van der Waals surface area contributed by atoms with E-state index in [2.05, 4.69) is 33.1 Å². The number of carbonyl (C=O) groups excluding carboxylic acids is 1. The maximum atomic E-state index is 13.2. The summed E-state index contributed by atoms with van der Waals surface area (Å²) in [5.74, 6) is -0.998. The Morgan fingerprint density at radius 3 is 2.55 bits per heavy atom. The molecule has 0 spiro atoms. The molecule has 7 nitrogen and oxygen atoms in total. The van der Waals surface area contributed by atoms with E-state index in [1.54, 1.807) is 12.1 Å². The summed E-state index contributed by atoms with van der Waals surface area (Å²) in [5, 5.41) is 13.2. The Morgan fingerprint density at radius 1 is 1.05 bits per heavy atom. The third kappa shape index (κ3) is 5.60. The second kappa shape index (κ2) is 10.8. The molecule has 3 aromatic carbocycles. The Hall–Kier alpha value is -4.04. The minimum atomic E-state index is -3.97. The van der Waals surface area contributed by atoms with Gasteiger partial charge in [-0.05, 0) is 60.0 Å². The van der Waals surface area contributed by atoms with Gasteiger partial charge in [-0.1, -0.05) is 36.4 Å². The van der Waals surface area contributed by atoms with Crippen LogP contribution < -0.4 is 10.0 Å². The maximum Gasteiger partial charge on any atom is 0.261 e. The van der Waals surface area contributed by atoms with Crippen molar-refractivity contribution in [2.45, 2.75) is 24.4 Å². The number of hydrogen-bond donors (Lipinski definition) is 2. The van der Waals surface area contributed by atoms with Gasteiger partial charge >= 0.3 is 0 Å². The van der Waals surface area contributed by atoms with Gasteiger partial charge in [0.1, 0.15) is 16.9 Å². The van der Waals surface area contributed by atoms with E-state index in [1.807, 2.05) is 18.2 Å². The number of nitriles is 1. The van der Waals surface area contributed by atoms with E-state index >= 15 is 0 Å². The molecule has 0 fully saturated rings. The lowest BCUT2D eigenvalue weighted by Gasteiger charge is -2.26. The van der Waals surface area contributed by atoms with Crippen LogP contribution >= 0.6 is 11.3 Å². The number of nitrogens with one attached hydrogen (secondary N) is 2. The maximum absolute atomic E-state index is 13.2. The number of nitrogens with zero attached hydrogens (tertiary/aromatic N) is 2. The number of rotatable bonds is 7. The number of amides is 1. The van der Waals surface area contributed by atoms with E-state index < -0.39 is 21.7 Å². The molecule has 1 amide bonds. The highest BCUT2D eigenvalue weighted by molar-refractivity contribution is 7.92. The Balaban J connectivity index is 1.31. The Labute approximate surface area is 224 Å². The molecule has 0 bridgehead atoms. The van der Waals surface area contributed by atoms with Gasteiger partial charge in [0, 0.05) is 35.8 Å². The summed E-state index contributed by atoms with van der Waals surface area (Å²) >= 11 is 1.40. The van der Waals surface area contributed by atoms with Crippen LogP contribution in [0.4, 0.5) is 15.1 Å². The molecular weight excluding hydrogens is 523 g/mol. The molecular formula is C28H23FN4O3S2. The van der Waals surface area contributed by atoms with Crippen molar-refractivity contribution in [2.24, 2.45) is 0 Å². The lowest BCUT2D eigenvalue weighted by Crippen LogP contribution is -2.29. The molecule has 1 aromatic heterocycles. The van der Waals surface area contributed by atoms with Crippen LogP contribution in [0.2, 0.25) is 0 Å². The summed E-state index contributed by atoms with van der Waals surface area (Å²) in [6.07, 6.45) is 0.720. The van der Waals surface area contributed by atoms with Crippen LogP contribution in [0.5, 0.6) is 0 Å². The molecule has 2 N–H and O–H groups in total. The molecule has 4 aromatic rings. The molecule has 0 saturated heterocycles. The summed E-state index contributed by atoms with van der Waals surface area (Å²) in [4.78, 5) is 16.4. The zero-order chi connectivity index (χ0) is 26.7. The van der Waals surface area contributed by atoms with Gasteiger partial charge in [-0.2, -0.15) is 5.26 Å². The van der Waals surface area contributed by atoms with Crippen molar-refractivity contribution in [1.29, 1.82) is 5.26 Å². The first-order valence-corrected chi connectivity index (χ1v) is 14.1. The predicted molar refractivity (Wildman–Crippen MR) is 145 cm³/mol. The van der Waals surface area contributed by atoms with Crippen LogP contribution in [-0.2, 0) is 29.5 Å². The molecule has 5 rings (SSSR count). The summed E-state index contributed by atoms with van der Waals surface area (Å²) in [5.41, 5.74) is 3.08. The average Bonchev–Trinajstić information content (AvgIpc) is 3.25. The third-order valence-electron chi connectivity index (χ3n) is 6.22. The lowest BCUT2D eigenvalue weighted by atomic mass is 10.0. The predicted octanol–water partition coefficient (Wildman–Crippen LogP) is 5.37. The molecule has 0 aliphatic carbocycles. The normalized spacial score (nSPS) is 13.4. The minimum absolute atomic E-state index is 0.0992. The fourth-order valence-corrected chi connectivity index (χ4v) is 6.65. The topological polar surface area (TPSA) is 102 Å². The van der Waals surface area contributed by atoms with E-state index in [9.17, 15) is 22.9 Å². The standard InChI is InChI=1S/C28H23FN4O3S2/c29-21-9-11-23(12-10-21)38(35,36)32-22-8-4-7-20(15-22)27(34)31-28-25(16-30)24-13-14-33(18-26(24)37-28)17-19-5-2-1-3-6-19/h1-12,15,32H,13-14,17-18H2,(H,31,34). The van der Waals surface area contributed by atoms with Crippen LogP contribution in [0, 0.1) is 17.1 Å². The Bertz CT molecular complexity index is 1630. The first-order chi connectivity index (χ1) is 18.3. The van der Waals surface area contributed by atoms with Crippen molar-refractivity contribution in [3.63, 3.8) is 0 Å². The summed E-state index contributed by atoms with van der Waals surface area (Å²) < 4.78 is 40.9. The number of fused-ring (bicyclic) bond motifs is 1. The summed E-state index contributed by atoms with van der Waals surface area (Å²) in [7, 11) is -3.97. The van der Waals surface area contributed by atoms with E-state index in [1.165, 1.54) is 29.0 Å². The van der Waals surface area contributed by atoms with E-state index in [0.717, 1.165) is 54.2 Å². The summed E-state index contributed by atoms with van der Waals surface area (Å²) in [6.45, 7) is 2.32. The first-order valence-electron chi connectivity index (χ1n) is 11.8. The number of halogens is 1. The van der Waals surface area contributed by atoms with Crippen molar-refractivity contribution < 1.29 is 17.6 Å². The van der Waals surface area contributed by atoms with Crippen molar-refractivity contribution in [2.75, 3.05) is 16.6 Å². The number of carbonyl (C=O) groups is 1. The van der Waals surface area contributed by atoms with Crippen molar-refractivity contribution >= 4 is 38.0 Å². The Morgan fingerprint density at radius 2 is 1.82 bits per heavy atom. The summed E-state index contributed by atoms with van der Waals surface area (Å²) in [6, 6.07) is 22.9. The smallest absolute Gasteiger partial charge is 0.261 e. The highest BCUT2D eigenvalue weighted by Gasteiger charge is 2.26. The molecule has 38 heavy (non-hydrogen) atoms. The fraction of sp³-hybridized carbons (Fsp3) is 0.143. The monoisotopic (exact) mass is 546 g/mol. The van der Waals surface area contributed by atoms with Gasteiger partial charge in [-0.25, -0.2) is 12.8 Å². The van der Waals surface area contributed by atoms with Crippen molar-refractivity contribution in [1.82, 2.24) is 4.90 Å². The second-order valence-electron chi connectivity index (χ2n) is 8.86. The van der Waals surface area contributed by atoms with Crippen LogP contribution in [0.1, 0.15) is 31.9 Å². The largest absolute Gasteiger partial charge is 0.312 e. The molecule has 10 heteroatoms. The molecule has 0 atom stereocenters. The first kappa shape index (κ1) is 25.6. The quantitative estimate of drug-likeness (QED) is 0.325. The van der Waals surface area contributed by atoms with E-state index in [-0.39, 0.29) is 16.1 Å². The molecule has 1 aliphatic heterocycles. The molecule has 0 unspecified atom stereocenters. The van der Waals surface area contributed by atoms with E-state index in [4.69, 9.17) is 0 Å². The lowest BCUT2D eigenvalue weighted by molar-refractivity contribution is 0.102. The third-order valence-corrected chi connectivity index (χ3v) is 8.75. The number of thiophene rings is 1. The second-order valence-corrected chi connectivity index (χ2v) is 11.6.